The van der Waals surface area contributed by atoms with Crippen LogP contribution in [0.2, 0.25) is 0 Å². The van der Waals surface area contributed by atoms with Gasteiger partial charge in [0.1, 0.15) is 5.75 Å². The monoisotopic (exact) mass is 422 g/mol. The molecule has 158 valence electrons. The standard InChI is InChI=1S/C25H31N2O2P/c1-6-25(4,22-16-19(2)15-20(3)24(22)29-18-28-5)30-23-12-8-7-11-21(23)17-26-27-13-9-10-14-27/h7-17,30H,6,18H2,1-5H3/b26-17+. The van der Waals surface area contributed by atoms with E-state index in [0.717, 1.165) is 23.3 Å². The molecule has 0 aliphatic heterocycles. The van der Waals surface area contributed by atoms with Crippen LogP contribution >= 0.6 is 8.58 Å². The van der Waals surface area contributed by atoms with E-state index >= 15 is 0 Å². The molecular formula is C25H31N2O2P. The summed E-state index contributed by atoms with van der Waals surface area (Å²) in [7, 11) is 2.23. The zero-order chi connectivity index (χ0) is 21.6. The van der Waals surface area contributed by atoms with E-state index in [1.165, 1.54) is 16.4 Å². The van der Waals surface area contributed by atoms with Gasteiger partial charge in [-0.1, -0.05) is 64.4 Å². The van der Waals surface area contributed by atoms with Gasteiger partial charge in [0, 0.05) is 35.8 Å². The van der Waals surface area contributed by atoms with Crippen LogP contribution in [0.15, 0.2) is 66.0 Å². The predicted molar refractivity (Wildman–Crippen MR) is 128 cm³/mol. The molecule has 0 amide bonds. The molecule has 0 radical (unpaired) electrons. The predicted octanol–water partition coefficient (Wildman–Crippen LogP) is 5.60. The SMILES string of the molecule is CCC(C)(Pc1ccccc1/C=N/n1cccc1)c1cc(C)cc(C)c1OCOC. The van der Waals surface area contributed by atoms with Crippen LogP contribution in [0.5, 0.6) is 5.75 Å². The number of hydrogen-bond acceptors (Lipinski definition) is 3. The number of rotatable bonds is 9. The van der Waals surface area contributed by atoms with Crippen molar-refractivity contribution in [2.45, 2.75) is 39.3 Å². The maximum atomic E-state index is 6.04. The van der Waals surface area contributed by atoms with E-state index in [-0.39, 0.29) is 11.9 Å². The number of benzene rings is 2. The summed E-state index contributed by atoms with van der Waals surface area (Å²) < 4.78 is 13.1. The molecular weight excluding hydrogens is 391 g/mol. The van der Waals surface area contributed by atoms with Gasteiger partial charge in [-0.2, -0.15) is 5.10 Å². The number of aryl methyl sites for hydroxylation is 2. The van der Waals surface area contributed by atoms with Crippen LogP contribution in [-0.4, -0.2) is 24.8 Å². The first-order valence-corrected chi connectivity index (χ1v) is 11.2. The van der Waals surface area contributed by atoms with Crippen molar-refractivity contribution in [1.29, 1.82) is 0 Å². The Labute approximate surface area is 181 Å². The first-order valence-electron chi connectivity index (χ1n) is 10.2. The molecule has 0 fully saturated rings. The minimum absolute atomic E-state index is 0.0583. The second-order valence-corrected chi connectivity index (χ2v) is 9.61. The Morgan fingerprint density at radius 1 is 1.10 bits per heavy atom. The third-order valence-electron chi connectivity index (χ3n) is 5.33. The maximum absolute atomic E-state index is 6.04. The van der Waals surface area contributed by atoms with Gasteiger partial charge in [-0.3, -0.25) is 0 Å². The molecule has 2 aromatic carbocycles. The van der Waals surface area contributed by atoms with E-state index < -0.39 is 0 Å². The van der Waals surface area contributed by atoms with Gasteiger partial charge in [0.15, 0.2) is 6.79 Å². The molecule has 30 heavy (non-hydrogen) atoms. The average molecular weight is 423 g/mol. The lowest BCUT2D eigenvalue weighted by Gasteiger charge is -2.32. The van der Waals surface area contributed by atoms with Crippen LogP contribution in [0.3, 0.4) is 0 Å². The second-order valence-electron chi connectivity index (χ2n) is 7.71. The lowest BCUT2D eigenvalue weighted by Crippen LogP contribution is -2.22. The summed E-state index contributed by atoms with van der Waals surface area (Å²) in [6.45, 7) is 9.09. The van der Waals surface area contributed by atoms with E-state index in [9.17, 15) is 0 Å². The number of hydrogen-bond donors (Lipinski definition) is 0. The summed E-state index contributed by atoms with van der Waals surface area (Å²) in [4.78, 5) is 0. The van der Waals surface area contributed by atoms with Crippen molar-refractivity contribution in [3.63, 3.8) is 0 Å². The van der Waals surface area contributed by atoms with Crippen molar-refractivity contribution < 1.29 is 9.47 Å². The summed E-state index contributed by atoms with van der Waals surface area (Å²) in [5.74, 6) is 0.942. The first kappa shape index (κ1) is 22.3. The molecule has 3 rings (SSSR count). The number of aromatic nitrogens is 1. The van der Waals surface area contributed by atoms with Gasteiger partial charge in [-0.05, 0) is 43.3 Å². The molecule has 0 saturated heterocycles. The molecule has 2 unspecified atom stereocenters. The van der Waals surface area contributed by atoms with Crippen molar-refractivity contribution in [3.05, 3.63) is 83.2 Å². The minimum atomic E-state index is -0.0583. The number of nitrogens with zero attached hydrogens (tertiary/aromatic N) is 2. The largest absolute Gasteiger partial charge is 0.467 e. The van der Waals surface area contributed by atoms with Gasteiger partial charge >= 0.3 is 0 Å². The van der Waals surface area contributed by atoms with Crippen molar-refractivity contribution >= 4 is 20.1 Å². The lowest BCUT2D eigenvalue weighted by atomic mass is 9.92. The molecule has 5 heteroatoms. The Morgan fingerprint density at radius 3 is 2.53 bits per heavy atom. The van der Waals surface area contributed by atoms with Gasteiger partial charge in [0.05, 0.1) is 6.21 Å². The van der Waals surface area contributed by atoms with Gasteiger partial charge < -0.3 is 9.47 Å². The van der Waals surface area contributed by atoms with Gasteiger partial charge in [0.2, 0.25) is 0 Å². The van der Waals surface area contributed by atoms with Gasteiger partial charge in [-0.25, -0.2) is 4.68 Å². The Kier molecular flexibility index (Phi) is 7.47. The van der Waals surface area contributed by atoms with Crippen LogP contribution in [0, 0.1) is 13.8 Å². The van der Waals surface area contributed by atoms with Crippen LogP contribution in [0.1, 0.15) is 42.5 Å². The minimum Gasteiger partial charge on any atom is -0.467 e. The van der Waals surface area contributed by atoms with Crippen LogP contribution < -0.4 is 10.0 Å². The van der Waals surface area contributed by atoms with E-state index in [1.807, 2.05) is 35.4 Å². The van der Waals surface area contributed by atoms with Gasteiger partial charge in [0.25, 0.3) is 0 Å². The molecule has 0 aliphatic rings. The number of methoxy groups -OCH3 is 1. The maximum Gasteiger partial charge on any atom is 0.188 e. The number of ether oxygens (including phenoxy) is 2. The zero-order valence-electron chi connectivity index (χ0n) is 18.5. The fraction of sp³-hybridized carbons (Fsp3) is 0.320. The Hall–Kier alpha value is -2.42. The molecule has 0 saturated carbocycles. The Bertz CT molecular complexity index is 998. The molecule has 2 atom stereocenters. The molecule has 1 aromatic heterocycles. The second kappa shape index (κ2) is 10.1. The summed E-state index contributed by atoms with van der Waals surface area (Å²) in [5, 5.41) is 5.81. The Balaban J connectivity index is 1.99. The van der Waals surface area contributed by atoms with Crippen LogP contribution in [0.25, 0.3) is 0 Å². The molecule has 1 heterocycles. The highest BCUT2D eigenvalue weighted by atomic mass is 31.1. The van der Waals surface area contributed by atoms with Crippen molar-refractivity contribution in [2.75, 3.05) is 13.9 Å². The summed E-state index contributed by atoms with van der Waals surface area (Å²) in [6.07, 6.45) is 6.82. The third-order valence-corrected chi connectivity index (χ3v) is 7.23. The fourth-order valence-electron chi connectivity index (χ4n) is 3.57. The van der Waals surface area contributed by atoms with E-state index in [4.69, 9.17) is 9.47 Å². The van der Waals surface area contributed by atoms with E-state index in [1.54, 1.807) is 7.11 Å². The molecule has 3 aromatic rings. The summed E-state index contributed by atoms with van der Waals surface area (Å²) >= 11 is 0. The van der Waals surface area contributed by atoms with Gasteiger partial charge in [-0.15, -0.1) is 0 Å². The molecule has 0 aliphatic carbocycles. The van der Waals surface area contributed by atoms with Crippen LogP contribution in [-0.2, 0) is 9.89 Å². The highest BCUT2D eigenvalue weighted by Crippen LogP contribution is 2.48. The normalized spacial score (nSPS) is 13.9. The quantitative estimate of drug-likeness (QED) is 0.256. The lowest BCUT2D eigenvalue weighted by molar-refractivity contribution is 0.0495. The molecule has 0 spiro atoms. The average Bonchev–Trinajstić information content (AvgIpc) is 3.25. The highest BCUT2D eigenvalue weighted by Gasteiger charge is 2.30. The first-order chi connectivity index (χ1) is 14.5. The molecule has 0 N–H and O–H groups in total. The fourth-order valence-corrected chi connectivity index (χ4v) is 5.14. The van der Waals surface area contributed by atoms with E-state index in [0.29, 0.717) is 8.58 Å². The smallest absolute Gasteiger partial charge is 0.188 e. The topological polar surface area (TPSA) is 35.8 Å². The molecule has 4 nitrogen and oxygen atoms in total. The van der Waals surface area contributed by atoms with Crippen molar-refractivity contribution in [2.24, 2.45) is 5.10 Å². The Morgan fingerprint density at radius 2 is 1.83 bits per heavy atom. The molecule has 0 bridgehead atoms. The van der Waals surface area contributed by atoms with Crippen molar-refractivity contribution in [1.82, 2.24) is 4.68 Å². The zero-order valence-corrected chi connectivity index (χ0v) is 19.5. The van der Waals surface area contributed by atoms with Crippen molar-refractivity contribution in [3.8, 4) is 5.75 Å². The van der Waals surface area contributed by atoms with Crippen LogP contribution in [0.4, 0.5) is 0 Å². The summed E-state index contributed by atoms with van der Waals surface area (Å²) in [6, 6.07) is 16.9. The summed E-state index contributed by atoms with van der Waals surface area (Å²) in [5.41, 5.74) is 4.79. The third kappa shape index (κ3) is 5.19. The van der Waals surface area contributed by atoms with E-state index in [2.05, 4.69) is 69.2 Å². The highest BCUT2D eigenvalue weighted by molar-refractivity contribution is 7.48.